The maximum absolute atomic E-state index is 11.6. The first-order valence-corrected chi connectivity index (χ1v) is 6.42. The number of hydrogen-bond acceptors (Lipinski definition) is 3. The number of hydrogen-bond donors (Lipinski definition) is 1. The monoisotopic (exact) mass is 238 g/mol. The van der Waals surface area contributed by atoms with Crippen molar-refractivity contribution in [3.8, 4) is 6.07 Å². The molecule has 0 heterocycles. The summed E-state index contributed by atoms with van der Waals surface area (Å²) >= 11 is 0. The molecule has 0 saturated heterocycles. The summed E-state index contributed by atoms with van der Waals surface area (Å²) in [5.74, 6) is 0.485. The molecule has 1 amide bonds. The van der Waals surface area contributed by atoms with E-state index in [2.05, 4.69) is 18.3 Å². The Hall–Kier alpha value is -1.08. The fraction of sp³-hybridized carbons (Fsp3) is 0.846. The number of nitriles is 1. The molecule has 0 unspecified atom stereocenters. The molecule has 0 spiro atoms. The Morgan fingerprint density at radius 3 is 2.71 bits per heavy atom. The number of amides is 1. The van der Waals surface area contributed by atoms with Crippen LogP contribution < -0.4 is 5.32 Å². The van der Waals surface area contributed by atoms with Gasteiger partial charge in [-0.1, -0.05) is 13.8 Å². The van der Waals surface area contributed by atoms with E-state index < -0.39 is 5.54 Å². The molecule has 1 N–H and O–H groups in total. The van der Waals surface area contributed by atoms with Crippen molar-refractivity contribution >= 4 is 5.91 Å². The van der Waals surface area contributed by atoms with Gasteiger partial charge in [0.1, 0.15) is 12.1 Å². The van der Waals surface area contributed by atoms with Gasteiger partial charge in [0.25, 0.3) is 0 Å². The van der Waals surface area contributed by atoms with Gasteiger partial charge in [0, 0.05) is 6.61 Å². The molecule has 1 rings (SSSR count). The highest BCUT2D eigenvalue weighted by Crippen LogP contribution is 2.31. The summed E-state index contributed by atoms with van der Waals surface area (Å²) in [4.78, 5) is 11.6. The Balaban J connectivity index is 2.41. The van der Waals surface area contributed by atoms with Gasteiger partial charge in [-0.05, 0) is 38.0 Å². The molecule has 1 aliphatic carbocycles. The van der Waals surface area contributed by atoms with Crippen LogP contribution in [0.4, 0.5) is 0 Å². The number of ether oxygens (including phenoxy) is 1. The van der Waals surface area contributed by atoms with Crippen molar-refractivity contribution in [1.29, 1.82) is 5.26 Å². The van der Waals surface area contributed by atoms with Gasteiger partial charge in [0.05, 0.1) is 6.07 Å². The van der Waals surface area contributed by atoms with Gasteiger partial charge in [-0.3, -0.25) is 4.79 Å². The average molecular weight is 238 g/mol. The molecule has 0 aliphatic heterocycles. The lowest BCUT2D eigenvalue weighted by Gasteiger charge is -2.34. The number of carbonyl (C=O) groups excluding carboxylic acids is 1. The minimum absolute atomic E-state index is 0.0623. The Bertz CT molecular complexity index is 288. The van der Waals surface area contributed by atoms with Gasteiger partial charge in [0.2, 0.25) is 5.91 Å². The normalized spacial score (nSPS) is 28.4. The molecule has 0 bridgehead atoms. The van der Waals surface area contributed by atoms with Crippen molar-refractivity contribution in [3.63, 3.8) is 0 Å². The van der Waals surface area contributed by atoms with Crippen LogP contribution in [0.25, 0.3) is 0 Å². The van der Waals surface area contributed by atoms with Crippen LogP contribution in [0.15, 0.2) is 0 Å². The van der Waals surface area contributed by atoms with Crippen LogP contribution in [0, 0.1) is 17.2 Å². The summed E-state index contributed by atoms with van der Waals surface area (Å²) in [6.45, 7) is 4.83. The highest BCUT2D eigenvalue weighted by molar-refractivity contribution is 5.78. The third kappa shape index (κ3) is 4.35. The number of rotatable bonds is 5. The van der Waals surface area contributed by atoms with Gasteiger partial charge < -0.3 is 10.1 Å². The molecule has 0 aromatic heterocycles. The Labute approximate surface area is 103 Å². The minimum atomic E-state index is -0.654. The molecule has 1 saturated carbocycles. The van der Waals surface area contributed by atoms with Crippen molar-refractivity contribution in [1.82, 2.24) is 5.32 Å². The van der Waals surface area contributed by atoms with Crippen LogP contribution >= 0.6 is 0 Å². The maximum Gasteiger partial charge on any atom is 0.247 e. The Morgan fingerprint density at radius 2 is 2.18 bits per heavy atom. The third-order valence-corrected chi connectivity index (χ3v) is 3.30. The molecule has 0 aromatic carbocycles. The Kier molecular flexibility index (Phi) is 5.43. The van der Waals surface area contributed by atoms with Crippen LogP contribution in [0.3, 0.4) is 0 Å². The standard InChI is InChI=1S/C13H22N2O2/c1-3-8-17-9-12(16)15-13(10-14)6-4-11(2)5-7-13/h11H,3-9H2,1-2H3,(H,15,16). The Morgan fingerprint density at radius 1 is 1.53 bits per heavy atom. The topological polar surface area (TPSA) is 62.1 Å². The van der Waals surface area contributed by atoms with E-state index in [4.69, 9.17) is 4.74 Å². The quantitative estimate of drug-likeness (QED) is 0.745. The van der Waals surface area contributed by atoms with Gasteiger partial charge >= 0.3 is 0 Å². The second-order valence-electron chi connectivity index (χ2n) is 4.98. The van der Waals surface area contributed by atoms with Crippen molar-refractivity contribution in [2.45, 2.75) is 51.5 Å². The van der Waals surface area contributed by atoms with E-state index in [9.17, 15) is 10.1 Å². The first-order chi connectivity index (χ1) is 8.12. The van der Waals surface area contributed by atoms with E-state index in [0.717, 1.165) is 32.1 Å². The summed E-state index contributed by atoms with van der Waals surface area (Å²) in [6.07, 6.45) is 4.41. The van der Waals surface area contributed by atoms with Gasteiger partial charge in [-0.15, -0.1) is 0 Å². The highest BCUT2D eigenvalue weighted by atomic mass is 16.5. The first kappa shape index (κ1) is 14.0. The number of nitrogens with zero attached hydrogens (tertiary/aromatic N) is 1. The zero-order valence-electron chi connectivity index (χ0n) is 10.8. The smallest absolute Gasteiger partial charge is 0.247 e. The van der Waals surface area contributed by atoms with E-state index in [-0.39, 0.29) is 12.5 Å². The fourth-order valence-electron chi connectivity index (χ4n) is 2.13. The van der Waals surface area contributed by atoms with Crippen molar-refractivity contribution in [2.24, 2.45) is 5.92 Å². The second kappa shape index (κ2) is 6.61. The van der Waals surface area contributed by atoms with Crippen LogP contribution in [0.5, 0.6) is 0 Å². The second-order valence-corrected chi connectivity index (χ2v) is 4.98. The molecule has 96 valence electrons. The molecule has 17 heavy (non-hydrogen) atoms. The van der Waals surface area contributed by atoms with E-state index in [1.54, 1.807) is 0 Å². The summed E-state index contributed by atoms with van der Waals surface area (Å²) in [5, 5.41) is 12.1. The van der Waals surface area contributed by atoms with Gasteiger partial charge in [-0.25, -0.2) is 0 Å². The van der Waals surface area contributed by atoms with Gasteiger partial charge in [-0.2, -0.15) is 5.26 Å². The lowest BCUT2D eigenvalue weighted by Crippen LogP contribution is -2.50. The molecular formula is C13H22N2O2. The van der Waals surface area contributed by atoms with Crippen LogP contribution in [0.2, 0.25) is 0 Å². The number of carbonyl (C=O) groups is 1. The van der Waals surface area contributed by atoms with Crippen molar-refractivity contribution in [3.05, 3.63) is 0 Å². The van der Waals surface area contributed by atoms with Crippen LogP contribution in [-0.4, -0.2) is 24.7 Å². The first-order valence-electron chi connectivity index (χ1n) is 6.42. The summed E-state index contributed by atoms with van der Waals surface area (Å²) in [5.41, 5.74) is -0.654. The highest BCUT2D eigenvalue weighted by Gasteiger charge is 2.35. The third-order valence-electron chi connectivity index (χ3n) is 3.30. The summed E-state index contributed by atoms with van der Waals surface area (Å²) in [6, 6.07) is 2.27. The van der Waals surface area contributed by atoms with E-state index >= 15 is 0 Å². The molecule has 0 aromatic rings. The molecule has 0 radical (unpaired) electrons. The van der Waals surface area contributed by atoms with E-state index in [1.165, 1.54) is 0 Å². The molecule has 0 atom stereocenters. The van der Waals surface area contributed by atoms with Gasteiger partial charge in [0.15, 0.2) is 0 Å². The summed E-state index contributed by atoms with van der Waals surface area (Å²) < 4.78 is 5.18. The lowest BCUT2D eigenvalue weighted by molar-refractivity contribution is -0.127. The molecule has 4 heteroatoms. The average Bonchev–Trinajstić information content (AvgIpc) is 2.33. The predicted molar refractivity (Wildman–Crippen MR) is 65.2 cm³/mol. The van der Waals surface area contributed by atoms with Crippen LogP contribution in [0.1, 0.15) is 46.0 Å². The van der Waals surface area contributed by atoms with E-state index in [0.29, 0.717) is 12.5 Å². The largest absolute Gasteiger partial charge is 0.372 e. The summed E-state index contributed by atoms with van der Waals surface area (Å²) in [7, 11) is 0. The molecule has 1 aliphatic rings. The maximum atomic E-state index is 11.6. The predicted octanol–water partition coefficient (Wildman–Crippen LogP) is 2.00. The van der Waals surface area contributed by atoms with E-state index in [1.807, 2.05) is 6.92 Å². The molecule has 4 nitrogen and oxygen atoms in total. The zero-order chi connectivity index (χ0) is 12.7. The molecular weight excluding hydrogens is 216 g/mol. The van der Waals surface area contributed by atoms with Crippen LogP contribution in [-0.2, 0) is 9.53 Å². The van der Waals surface area contributed by atoms with Crippen molar-refractivity contribution in [2.75, 3.05) is 13.2 Å². The lowest BCUT2D eigenvalue weighted by atomic mass is 9.78. The number of nitrogens with one attached hydrogen (secondary N) is 1. The SMILES string of the molecule is CCCOCC(=O)NC1(C#N)CCC(C)CC1. The minimum Gasteiger partial charge on any atom is -0.372 e. The molecule has 1 fully saturated rings. The fourth-order valence-corrected chi connectivity index (χ4v) is 2.13. The zero-order valence-corrected chi connectivity index (χ0v) is 10.8. The van der Waals surface area contributed by atoms with Crippen molar-refractivity contribution < 1.29 is 9.53 Å².